The molecule has 0 radical (unpaired) electrons. The summed E-state index contributed by atoms with van der Waals surface area (Å²) in [6, 6.07) is 23.9. The van der Waals surface area contributed by atoms with E-state index in [0.29, 0.717) is 0 Å². The van der Waals surface area contributed by atoms with Crippen molar-refractivity contribution >= 4 is 0 Å². The quantitative estimate of drug-likeness (QED) is 0.200. The van der Waals surface area contributed by atoms with Crippen LogP contribution >= 0.6 is 0 Å². The van der Waals surface area contributed by atoms with E-state index in [1.165, 1.54) is 118 Å². The Labute approximate surface area is 203 Å². The van der Waals surface area contributed by atoms with E-state index in [1.54, 1.807) is 0 Å². The molecule has 0 unspecified atom stereocenters. The second-order valence-corrected chi connectivity index (χ2v) is 9.65. The van der Waals surface area contributed by atoms with Gasteiger partial charge in [-0.05, 0) is 30.0 Å². The molecule has 1 N–H and O–H groups in total. The van der Waals surface area contributed by atoms with Gasteiger partial charge >= 0.3 is 0 Å². The van der Waals surface area contributed by atoms with Gasteiger partial charge in [0.1, 0.15) is 0 Å². The smallest absolute Gasteiger partial charge is 0.0462 e. The van der Waals surface area contributed by atoms with Crippen LogP contribution < -0.4 is 0 Å². The lowest BCUT2D eigenvalue weighted by molar-refractivity contribution is 0.535. The molecule has 0 spiro atoms. The van der Waals surface area contributed by atoms with E-state index < -0.39 is 0 Å². The highest BCUT2D eigenvalue weighted by molar-refractivity contribution is 5.74. The molecule has 0 aliphatic heterocycles. The van der Waals surface area contributed by atoms with Crippen LogP contribution in [0.1, 0.15) is 103 Å². The average molecular weight is 444 g/mol. The van der Waals surface area contributed by atoms with E-state index in [0.717, 1.165) is 6.42 Å². The van der Waals surface area contributed by atoms with Crippen molar-refractivity contribution in [1.29, 1.82) is 0 Å². The molecule has 0 atom stereocenters. The van der Waals surface area contributed by atoms with Crippen LogP contribution in [0.5, 0.6) is 0 Å². The number of nitrogens with one attached hydrogen (secondary N) is 1. The summed E-state index contributed by atoms with van der Waals surface area (Å²) >= 11 is 0. The van der Waals surface area contributed by atoms with E-state index in [1.807, 2.05) is 0 Å². The van der Waals surface area contributed by atoms with E-state index in [2.05, 4.69) is 78.6 Å². The Morgan fingerprint density at radius 1 is 0.515 bits per heavy atom. The molecule has 178 valence electrons. The lowest BCUT2D eigenvalue weighted by Gasteiger charge is -2.05. The van der Waals surface area contributed by atoms with Crippen LogP contribution in [-0.2, 0) is 6.42 Å². The van der Waals surface area contributed by atoms with Crippen LogP contribution in [0.4, 0.5) is 0 Å². The van der Waals surface area contributed by atoms with Crippen molar-refractivity contribution in [2.24, 2.45) is 0 Å². The molecular formula is C32H45N. The predicted octanol–water partition coefficient (Wildman–Crippen LogP) is 10.4. The fraction of sp³-hybridized carbons (Fsp3) is 0.500. The van der Waals surface area contributed by atoms with E-state index in [9.17, 15) is 0 Å². The molecule has 0 aliphatic rings. The first-order chi connectivity index (χ1) is 16.4. The molecule has 0 fully saturated rings. The van der Waals surface area contributed by atoms with Gasteiger partial charge in [0.15, 0.2) is 0 Å². The first-order valence-corrected chi connectivity index (χ1v) is 13.7. The Bertz CT molecular complexity index is 862. The molecule has 0 amide bonds. The molecule has 3 rings (SSSR count). The van der Waals surface area contributed by atoms with Gasteiger partial charge in [-0.2, -0.15) is 0 Å². The molecule has 1 heterocycles. The Hall–Kier alpha value is -2.28. The Kier molecular flexibility index (Phi) is 11.9. The van der Waals surface area contributed by atoms with Crippen LogP contribution in [0, 0.1) is 0 Å². The molecule has 0 saturated heterocycles. The topological polar surface area (TPSA) is 15.8 Å². The van der Waals surface area contributed by atoms with Crippen molar-refractivity contribution in [3.63, 3.8) is 0 Å². The molecule has 1 heteroatoms. The third-order valence-electron chi connectivity index (χ3n) is 6.85. The summed E-state index contributed by atoms with van der Waals surface area (Å²) in [6.07, 6.45) is 20.9. The zero-order valence-corrected chi connectivity index (χ0v) is 21.0. The summed E-state index contributed by atoms with van der Waals surface area (Å²) in [5.74, 6) is 0. The Morgan fingerprint density at radius 3 is 1.48 bits per heavy atom. The lowest BCUT2D eigenvalue weighted by atomic mass is 10.0. The SMILES string of the molecule is CCCCCCCCCCCCCCCCc1[nH]c(-c2ccccc2)cc1-c1ccccc1. The van der Waals surface area contributed by atoms with E-state index in [4.69, 9.17) is 0 Å². The molecule has 33 heavy (non-hydrogen) atoms. The third kappa shape index (κ3) is 9.24. The fourth-order valence-corrected chi connectivity index (χ4v) is 4.84. The minimum atomic E-state index is 1.13. The van der Waals surface area contributed by atoms with Gasteiger partial charge in [0.05, 0.1) is 0 Å². The average Bonchev–Trinajstić information content (AvgIpc) is 3.29. The summed E-state index contributed by atoms with van der Waals surface area (Å²) in [5, 5.41) is 0. The van der Waals surface area contributed by atoms with Gasteiger partial charge in [0.25, 0.3) is 0 Å². The first kappa shape index (κ1) is 25.3. The zero-order valence-electron chi connectivity index (χ0n) is 21.0. The van der Waals surface area contributed by atoms with Crippen LogP contribution in [0.15, 0.2) is 66.7 Å². The Morgan fingerprint density at radius 2 is 0.970 bits per heavy atom. The normalized spacial score (nSPS) is 11.2. The van der Waals surface area contributed by atoms with Gasteiger partial charge in [0, 0.05) is 17.0 Å². The van der Waals surface area contributed by atoms with Crippen molar-refractivity contribution in [3.8, 4) is 22.4 Å². The van der Waals surface area contributed by atoms with Crippen molar-refractivity contribution in [2.45, 2.75) is 103 Å². The summed E-state index contributed by atoms with van der Waals surface area (Å²) < 4.78 is 0. The second-order valence-electron chi connectivity index (χ2n) is 9.65. The highest BCUT2D eigenvalue weighted by Crippen LogP contribution is 2.30. The molecular weight excluding hydrogens is 398 g/mol. The number of hydrogen-bond acceptors (Lipinski definition) is 0. The molecule has 1 aromatic heterocycles. The first-order valence-electron chi connectivity index (χ1n) is 13.7. The minimum absolute atomic E-state index is 1.13. The van der Waals surface area contributed by atoms with Crippen molar-refractivity contribution in [2.75, 3.05) is 0 Å². The molecule has 0 saturated carbocycles. The third-order valence-corrected chi connectivity index (χ3v) is 6.85. The molecule has 0 bridgehead atoms. The predicted molar refractivity (Wildman–Crippen MR) is 146 cm³/mol. The van der Waals surface area contributed by atoms with E-state index >= 15 is 0 Å². The minimum Gasteiger partial charge on any atom is -0.358 e. The summed E-state index contributed by atoms with van der Waals surface area (Å²) in [4.78, 5) is 3.74. The highest BCUT2D eigenvalue weighted by Gasteiger charge is 2.11. The van der Waals surface area contributed by atoms with Crippen molar-refractivity contribution < 1.29 is 0 Å². The number of aromatic amines is 1. The number of aromatic nitrogens is 1. The van der Waals surface area contributed by atoms with Gasteiger partial charge in [-0.1, -0.05) is 151 Å². The second kappa shape index (κ2) is 15.5. The van der Waals surface area contributed by atoms with Crippen molar-refractivity contribution in [3.05, 3.63) is 72.4 Å². The van der Waals surface area contributed by atoms with Gasteiger partial charge in [-0.25, -0.2) is 0 Å². The molecule has 3 aromatic rings. The zero-order chi connectivity index (χ0) is 23.0. The van der Waals surface area contributed by atoms with Gasteiger partial charge in [0.2, 0.25) is 0 Å². The maximum Gasteiger partial charge on any atom is 0.0462 e. The van der Waals surface area contributed by atoms with Crippen LogP contribution in [0.2, 0.25) is 0 Å². The molecule has 1 nitrogen and oxygen atoms in total. The summed E-state index contributed by atoms with van der Waals surface area (Å²) in [5.41, 5.74) is 6.57. The van der Waals surface area contributed by atoms with Crippen LogP contribution in [-0.4, -0.2) is 4.98 Å². The van der Waals surface area contributed by atoms with Crippen LogP contribution in [0.25, 0.3) is 22.4 Å². The number of rotatable bonds is 17. The number of aryl methyl sites for hydroxylation is 1. The monoisotopic (exact) mass is 443 g/mol. The Balaban J connectivity index is 1.35. The van der Waals surface area contributed by atoms with Gasteiger partial charge in [-0.15, -0.1) is 0 Å². The van der Waals surface area contributed by atoms with Crippen molar-refractivity contribution in [1.82, 2.24) is 4.98 Å². The maximum atomic E-state index is 3.74. The number of benzene rings is 2. The fourth-order valence-electron chi connectivity index (χ4n) is 4.84. The largest absolute Gasteiger partial charge is 0.358 e. The highest BCUT2D eigenvalue weighted by atomic mass is 14.7. The van der Waals surface area contributed by atoms with Crippen LogP contribution in [0.3, 0.4) is 0 Å². The van der Waals surface area contributed by atoms with Gasteiger partial charge < -0.3 is 4.98 Å². The standard InChI is InChI=1S/C32H45N/c1-2-3-4-5-6-7-8-9-10-11-12-13-14-21-26-31-30(28-22-17-15-18-23-28)27-32(33-31)29-24-19-16-20-25-29/h15-20,22-25,27,33H,2-14,21,26H2,1H3. The van der Waals surface area contributed by atoms with E-state index in [-0.39, 0.29) is 0 Å². The van der Waals surface area contributed by atoms with Gasteiger partial charge in [-0.3, -0.25) is 0 Å². The lowest BCUT2D eigenvalue weighted by Crippen LogP contribution is -1.90. The molecule has 0 aliphatic carbocycles. The molecule has 2 aromatic carbocycles. The number of hydrogen-bond donors (Lipinski definition) is 1. The maximum absolute atomic E-state index is 3.74. The number of H-pyrrole nitrogens is 1. The summed E-state index contributed by atoms with van der Waals surface area (Å²) in [7, 11) is 0. The number of unbranched alkanes of at least 4 members (excludes halogenated alkanes) is 13. The summed E-state index contributed by atoms with van der Waals surface area (Å²) in [6.45, 7) is 2.30.